The second-order valence-electron chi connectivity index (χ2n) is 5.57. The number of carbonyl (C=O) groups excluding carboxylic acids is 1. The molecule has 0 saturated heterocycles. The van der Waals surface area contributed by atoms with E-state index in [1.54, 1.807) is 20.8 Å². The predicted molar refractivity (Wildman–Crippen MR) is 84.8 cm³/mol. The van der Waals surface area contributed by atoms with Crippen molar-refractivity contribution in [1.82, 2.24) is 20.3 Å². The summed E-state index contributed by atoms with van der Waals surface area (Å²) in [6.45, 7) is 4.96. The van der Waals surface area contributed by atoms with Gasteiger partial charge in [0.15, 0.2) is 5.69 Å². The molecule has 9 heteroatoms. The highest BCUT2D eigenvalue weighted by Crippen LogP contribution is 2.20. The third-order valence-electron chi connectivity index (χ3n) is 3.48. The maximum absolute atomic E-state index is 13.2. The molecular weight excluding hydrogens is 339 g/mol. The molecular formula is C15H16ClFN4O3. The zero-order chi connectivity index (χ0) is 18.0. The number of hydrogen-bond donors (Lipinski definition) is 2. The maximum atomic E-state index is 13.2. The molecule has 1 aromatic heterocycles. The van der Waals surface area contributed by atoms with Crippen LogP contribution < -0.4 is 5.32 Å². The Bertz CT molecular complexity index is 791. The molecule has 0 saturated carbocycles. The summed E-state index contributed by atoms with van der Waals surface area (Å²) in [5, 5.41) is 19.1. The van der Waals surface area contributed by atoms with Gasteiger partial charge in [0.2, 0.25) is 0 Å². The van der Waals surface area contributed by atoms with Crippen LogP contribution >= 0.6 is 11.6 Å². The lowest BCUT2D eigenvalue weighted by molar-refractivity contribution is -0.140. The molecule has 0 aliphatic carbocycles. The molecule has 1 aromatic carbocycles. The third kappa shape index (κ3) is 3.53. The van der Waals surface area contributed by atoms with Crippen molar-refractivity contribution < 1.29 is 19.1 Å². The number of rotatable bonds is 5. The van der Waals surface area contributed by atoms with Crippen molar-refractivity contribution in [1.29, 1.82) is 0 Å². The fourth-order valence-corrected chi connectivity index (χ4v) is 2.30. The summed E-state index contributed by atoms with van der Waals surface area (Å²) >= 11 is 5.74. The molecule has 0 aliphatic rings. The second kappa shape index (κ2) is 6.96. The normalized spacial score (nSPS) is 12.2. The molecule has 0 fully saturated rings. The molecule has 0 aliphatic heterocycles. The molecule has 1 atom stereocenters. The summed E-state index contributed by atoms with van der Waals surface area (Å²) in [6.07, 6.45) is 0. The maximum Gasteiger partial charge on any atom is 0.326 e. The van der Waals surface area contributed by atoms with Crippen molar-refractivity contribution in [2.75, 3.05) is 0 Å². The zero-order valence-electron chi connectivity index (χ0n) is 13.2. The van der Waals surface area contributed by atoms with E-state index < -0.39 is 23.7 Å². The largest absolute Gasteiger partial charge is 0.480 e. The lowest BCUT2D eigenvalue weighted by Gasteiger charge is -2.17. The van der Waals surface area contributed by atoms with Gasteiger partial charge in [-0.1, -0.05) is 30.7 Å². The molecule has 128 valence electrons. The van der Waals surface area contributed by atoms with Gasteiger partial charge in [-0.2, -0.15) is 0 Å². The van der Waals surface area contributed by atoms with Gasteiger partial charge >= 0.3 is 5.97 Å². The Balaban J connectivity index is 2.30. The van der Waals surface area contributed by atoms with Crippen LogP contribution in [0.2, 0.25) is 5.02 Å². The zero-order valence-corrected chi connectivity index (χ0v) is 14.0. The van der Waals surface area contributed by atoms with Crippen molar-refractivity contribution in [2.45, 2.75) is 26.8 Å². The van der Waals surface area contributed by atoms with Crippen molar-refractivity contribution in [3.63, 3.8) is 0 Å². The Morgan fingerprint density at radius 3 is 2.58 bits per heavy atom. The SMILES string of the molecule is Cc1c(C(=O)NC(C(=O)O)C(C)C)nnn1-c1ccc(F)c(Cl)c1. The summed E-state index contributed by atoms with van der Waals surface area (Å²) in [7, 11) is 0. The summed E-state index contributed by atoms with van der Waals surface area (Å²) in [4.78, 5) is 23.5. The van der Waals surface area contributed by atoms with Crippen LogP contribution in [0.1, 0.15) is 30.0 Å². The van der Waals surface area contributed by atoms with Gasteiger partial charge in [0, 0.05) is 0 Å². The number of nitrogens with one attached hydrogen (secondary N) is 1. The van der Waals surface area contributed by atoms with E-state index in [1.807, 2.05) is 0 Å². The molecule has 1 heterocycles. The molecule has 0 radical (unpaired) electrons. The molecule has 7 nitrogen and oxygen atoms in total. The predicted octanol–water partition coefficient (Wildman–Crippen LogP) is 2.21. The number of carboxylic acid groups (broad SMARTS) is 1. The number of carboxylic acids is 1. The van der Waals surface area contributed by atoms with Crippen molar-refractivity contribution >= 4 is 23.5 Å². The number of carbonyl (C=O) groups is 2. The van der Waals surface area contributed by atoms with Crippen molar-refractivity contribution in [3.8, 4) is 5.69 Å². The Labute approximate surface area is 142 Å². The van der Waals surface area contributed by atoms with E-state index in [2.05, 4.69) is 15.6 Å². The average molecular weight is 355 g/mol. The lowest BCUT2D eigenvalue weighted by atomic mass is 10.0. The molecule has 2 aromatic rings. The number of aromatic nitrogens is 3. The quantitative estimate of drug-likeness (QED) is 0.858. The first-order valence-electron chi connectivity index (χ1n) is 7.13. The molecule has 1 amide bonds. The van der Waals surface area contributed by atoms with E-state index >= 15 is 0 Å². The highest BCUT2D eigenvalue weighted by Gasteiger charge is 2.26. The van der Waals surface area contributed by atoms with Crippen LogP contribution in [-0.2, 0) is 4.79 Å². The topological polar surface area (TPSA) is 97.1 Å². The number of halogens is 2. The molecule has 24 heavy (non-hydrogen) atoms. The first-order valence-corrected chi connectivity index (χ1v) is 7.51. The van der Waals surface area contributed by atoms with E-state index in [0.717, 1.165) is 0 Å². The van der Waals surface area contributed by atoms with Gasteiger partial charge < -0.3 is 10.4 Å². The Morgan fingerprint density at radius 1 is 1.38 bits per heavy atom. The van der Waals surface area contributed by atoms with Crippen molar-refractivity contribution in [2.24, 2.45) is 5.92 Å². The Kier molecular flexibility index (Phi) is 5.18. The molecule has 0 spiro atoms. The first-order chi connectivity index (χ1) is 11.2. The van der Waals surface area contributed by atoms with Gasteiger partial charge in [-0.05, 0) is 31.0 Å². The minimum atomic E-state index is -1.13. The number of nitrogens with zero attached hydrogens (tertiary/aromatic N) is 3. The summed E-state index contributed by atoms with van der Waals surface area (Å²) in [5.74, 6) is -2.64. The summed E-state index contributed by atoms with van der Waals surface area (Å²) in [5.41, 5.74) is 0.800. The lowest BCUT2D eigenvalue weighted by Crippen LogP contribution is -2.44. The fourth-order valence-electron chi connectivity index (χ4n) is 2.12. The van der Waals surface area contributed by atoms with Gasteiger partial charge in [0.25, 0.3) is 5.91 Å². The van der Waals surface area contributed by atoms with Crippen LogP contribution in [0.5, 0.6) is 0 Å². The summed E-state index contributed by atoms with van der Waals surface area (Å²) < 4.78 is 14.6. The highest BCUT2D eigenvalue weighted by atomic mass is 35.5. The van der Waals surface area contributed by atoms with Crippen LogP contribution in [-0.4, -0.2) is 38.0 Å². The molecule has 2 rings (SSSR count). The Hall–Kier alpha value is -2.48. The van der Waals surface area contributed by atoms with E-state index in [-0.39, 0.29) is 16.6 Å². The Morgan fingerprint density at radius 2 is 2.04 bits per heavy atom. The van der Waals surface area contributed by atoms with E-state index in [0.29, 0.717) is 11.4 Å². The van der Waals surface area contributed by atoms with Crippen LogP contribution in [0.3, 0.4) is 0 Å². The average Bonchev–Trinajstić information content (AvgIpc) is 2.88. The number of amides is 1. The molecule has 1 unspecified atom stereocenters. The smallest absolute Gasteiger partial charge is 0.326 e. The second-order valence-corrected chi connectivity index (χ2v) is 5.97. The number of hydrogen-bond acceptors (Lipinski definition) is 4. The van der Waals surface area contributed by atoms with Crippen LogP contribution in [0.25, 0.3) is 5.69 Å². The molecule has 0 bridgehead atoms. The van der Waals surface area contributed by atoms with Gasteiger partial charge in [-0.15, -0.1) is 5.10 Å². The minimum absolute atomic E-state index is 0.0117. The van der Waals surface area contributed by atoms with Crippen LogP contribution in [0.4, 0.5) is 4.39 Å². The molecule has 2 N–H and O–H groups in total. The van der Waals surface area contributed by atoms with E-state index in [4.69, 9.17) is 16.7 Å². The first kappa shape index (κ1) is 17.9. The van der Waals surface area contributed by atoms with E-state index in [9.17, 15) is 14.0 Å². The fraction of sp³-hybridized carbons (Fsp3) is 0.333. The van der Waals surface area contributed by atoms with Gasteiger partial charge in [0.1, 0.15) is 11.9 Å². The minimum Gasteiger partial charge on any atom is -0.480 e. The highest BCUT2D eigenvalue weighted by molar-refractivity contribution is 6.30. The van der Waals surface area contributed by atoms with E-state index in [1.165, 1.54) is 22.9 Å². The third-order valence-corrected chi connectivity index (χ3v) is 3.77. The summed E-state index contributed by atoms with van der Waals surface area (Å²) in [6, 6.07) is 2.94. The van der Waals surface area contributed by atoms with Gasteiger partial charge in [0.05, 0.1) is 16.4 Å². The van der Waals surface area contributed by atoms with Crippen LogP contribution in [0.15, 0.2) is 18.2 Å². The standard InChI is InChI=1S/C15H16ClFN4O3/c1-7(2)12(15(23)24)18-14(22)13-8(3)21(20-19-13)9-4-5-11(17)10(16)6-9/h4-7,12H,1-3H3,(H,18,22)(H,23,24). The van der Waals surface area contributed by atoms with Crippen LogP contribution in [0, 0.1) is 18.7 Å². The van der Waals surface area contributed by atoms with Crippen molar-refractivity contribution in [3.05, 3.63) is 40.4 Å². The number of benzene rings is 1. The number of aliphatic carboxylic acids is 1. The monoisotopic (exact) mass is 354 g/mol. The van der Waals surface area contributed by atoms with Gasteiger partial charge in [-0.25, -0.2) is 13.9 Å². The van der Waals surface area contributed by atoms with Gasteiger partial charge in [-0.3, -0.25) is 4.79 Å².